The number of hydrogen-bond acceptors (Lipinski definition) is 2. The van der Waals surface area contributed by atoms with Gasteiger partial charge in [-0.3, -0.25) is 0 Å². The number of nitrogens with two attached hydrogens (primary N) is 1. The van der Waals surface area contributed by atoms with Gasteiger partial charge in [-0.25, -0.2) is 0 Å². The van der Waals surface area contributed by atoms with Crippen LogP contribution in [-0.4, -0.2) is 5.11 Å². The summed E-state index contributed by atoms with van der Waals surface area (Å²) in [5.41, 5.74) is 11.1. The number of aromatic hydroxyl groups is 1. The quantitative estimate of drug-likeness (QED) is 0.723. The fourth-order valence-electron chi connectivity index (χ4n) is 2.61. The topological polar surface area (TPSA) is 46.2 Å². The van der Waals surface area contributed by atoms with Gasteiger partial charge in [-0.15, -0.1) is 0 Å². The highest BCUT2D eigenvalue weighted by atomic mass is 16.3. The van der Waals surface area contributed by atoms with Crippen LogP contribution in [0.3, 0.4) is 0 Å². The van der Waals surface area contributed by atoms with Crippen LogP contribution >= 0.6 is 0 Å². The van der Waals surface area contributed by atoms with E-state index in [1.165, 1.54) is 11.1 Å². The van der Waals surface area contributed by atoms with Gasteiger partial charge in [-0.05, 0) is 47.2 Å². The molecular weight excluding hydrogens is 210 g/mol. The summed E-state index contributed by atoms with van der Waals surface area (Å²) in [6, 6.07) is 13.7. The lowest BCUT2D eigenvalue weighted by Gasteiger charge is -2.15. The molecule has 0 aromatic heterocycles. The van der Waals surface area contributed by atoms with Gasteiger partial charge in [0.15, 0.2) is 0 Å². The fourth-order valence-corrected chi connectivity index (χ4v) is 2.61. The predicted octanol–water partition coefficient (Wildman–Crippen LogP) is 2.54. The van der Waals surface area contributed by atoms with Crippen LogP contribution in [0, 0.1) is 0 Å². The molecule has 86 valence electrons. The SMILES string of the molecule is NC1c2ccccc2CCc2cc(O)ccc21. The van der Waals surface area contributed by atoms with Gasteiger partial charge in [0.1, 0.15) is 5.75 Å². The van der Waals surface area contributed by atoms with Crippen LogP contribution in [0.5, 0.6) is 5.75 Å². The minimum Gasteiger partial charge on any atom is -0.508 e. The number of phenolic OH excluding ortho intramolecular Hbond substituents is 1. The van der Waals surface area contributed by atoms with Crippen LogP contribution < -0.4 is 5.73 Å². The molecule has 0 heterocycles. The monoisotopic (exact) mass is 225 g/mol. The third-order valence-corrected chi connectivity index (χ3v) is 3.52. The summed E-state index contributed by atoms with van der Waals surface area (Å²) in [6.45, 7) is 0. The van der Waals surface area contributed by atoms with E-state index in [1.807, 2.05) is 18.2 Å². The second-order valence-corrected chi connectivity index (χ2v) is 4.56. The maximum atomic E-state index is 9.54. The molecule has 2 nitrogen and oxygen atoms in total. The van der Waals surface area contributed by atoms with E-state index in [4.69, 9.17) is 5.73 Å². The maximum absolute atomic E-state index is 9.54. The third kappa shape index (κ3) is 1.71. The molecule has 0 radical (unpaired) electrons. The van der Waals surface area contributed by atoms with Crippen molar-refractivity contribution in [3.05, 3.63) is 64.7 Å². The highest BCUT2D eigenvalue weighted by Gasteiger charge is 2.20. The zero-order chi connectivity index (χ0) is 11.8. The average Bonchev–Trinajstić information content (AvgIpc) is 2.48. The molecule has 1 unspecified atom stereocenters. The second kappa shape index (κ2) is 3.90. The van der Waals surface area contributed by atoms with Crippen molar-refractivity contribution in [2.45, 2.75) is 18.9 Å². The largest absolute Gasteiger partial charge is 0.508 e. The van der Waals surface area contributed by atoms with Crippen LogP contribution in [0.15, 0.2) is 42.5 Å². The molecule has 1 atom stereocenters. The first-order chi connectivity index (χ1) is 8.25. The number of hydrogen-bond donors (Lipinski definition) is 2. The Morgan fingerprint density at radius 2 is 1.65 bits per heavy atom. The van der Waals surface area contributed by atoms with Gasteiger partial charge < -0.3 is 10.8 Å². The predicted molar refractivity (Wildman–Crippen MR) is 68.0 cm³/mol. The van der Waals surface area contributed by atoms with E-state index in [0.717, 1.165) is 24.0 Å². The van der Waals surface area contributed by atoms with Crippen molar-refractivity contribution < 1.29 is 5.11 Å². The van der Waals surface area contributed by atoms with Crippen molar-refractivity contribution in [2.75, 3.05) is 0 Å². The molecule has 0 saturated carbocycles. The van der Waals surface area contributed by atoms with E-state index in [-0.39, 0.29) is 6.04 Å². The number of benzene rings is 2. The first kappa shape index (κ1) is 10.4. The Bertz CT molecular complexity index is 563. The molecule has 3 N–H and O–H groups in total. The van der Waals surface area contributed by atoms with Crippen molar-refractivity contribution in [3.63, 3.8) is 0 Å². The summed E-state index contributed by atoms with van der Waals surface area (Å²) in [4.78, 5) is 0. The Labute approximate surface area is 101 Å². The molecule has 0 saturated heterocycles. The van der Waals surface area contributed by atoms with E-state index < -0.39 is 0 Å². The van der Waals surface area contributed by atoms with Gasteiger partial charge in [0, 0.05) is 0 Å². The Hall–Kier alpha value is -1.80. The third-order valence-electron chi connectivity index (χ3n) is 3.52. The standard InChI is InChI=1S/C15H15NO/c16-15-13-4-2-1-3-10(13)5-6-11-9-12(17)7-8-14(11)15/h1-4,7-9,15,17H,5-6,16H2. The smallest absolute Gasteiger partial charge is 0.115 e. The first-order valence-electron chi connectivity index (χ1n) is 5.91. The summed E-state index contributed by atoms with van der Waals surface area (Å²) in [7, 11) is 0. The number of rotatable bonds is 0. The zero-order valence-electron chi connectivity index (χ0n) is 9.56. The van der Waals surface area contributed by atoms with E-state index >= 15 is 0 Å². The Morgan fingerprint density at radius 3 is 2.53 bits per heavy atom. The highest BCUT2D eigenvalue weighted by Crippen LogP contribution is 2.32. The molecule has 2 aromatic carbocycles. The number of fused-ring (bicyclic) bond motifs is 2. The molecular formula is C15H15NO. The summed E-state index contributed by atoms with van der Waals surface area (Å²) >= 11 is 0. The Balaban J connectivity index is 2.16. The molecule has 0 fully saturated rings. The van der Waals surface area contributed by atoms with E-state index in [9.17, 15) is 5.11 Å². The lowest BCUT2D eigenvalue weighted by Crippen LogP contribution is -2.13. The Kier molecular flexibility index (Phi) is 2.37. The maximum Gasteiger partial charge on any atom is 0.115 e. The molecule has 0 aliphatic heterocycles. The van der Waals surface area contributed by atoms with E-state index in [0.29, 0.717) is 5.75 Å². The van der Waals surface area contributed by atoms with E-state index in [1.54, 1.807) is 6.07 Å². The number of phenols is 1. The number of aryl methyl sites for hydroxylation is 2. The minimum absolute atomic E-state index is 0.0794. The van der Waals surface area contributed by atoms with Gasteiger partial charge in [-0.2, -0.15) is 0 Å². The molecule has 2 aromatic rings. The van der Waals surface area contributed by atoms with Gasteiger partial charge in [-0.1, -0.05) is 30.3 Å². The van der Waals surface area contributed by atoms with Crippen molar-refractivity contribution in [2.24, 2.45) is 5.73 Å². The lowest BCUT2D eigenvalue weighted by molar-refractivity contribution is 0.474. The minimum atomic E-state index is -0.0794. The summed E-state index contributed by atoms with van der Waals surface area (Å²) in [5, 5.41) is 9.54. The molecule has 1 aliphatic carbocycles. The fraction of sp³-hybridized carbons (Fsp3) is 0.200. The highest BCUT2D eigenvalue weighted by molar-refractivity contribution is 5.46. The van der Waals surface area contributed by atoms with Crippen LogP contribution in [-0.2, 0) is 12.8 Å². The van der Waals surface area contributed by atoms with Crippen LogP contribution in [0.25, 0.3) is 0 Å². The summed E-state index contributed by atoms with van der Waals surface area (Å²) in [5.74, 6) is 0.321. The van der Waals surface area contributed by atoms with Gasteiger partial charge in [0.2, 0.25) is 0 Å². The summed E-state index contributed by atoms with van der Waals surface area (Å²) < 4.78 is 0. The van der Waals surface area contributed by atoms with Crippen molar-refractivity contribution in [1.82, 2.24) is 0 Å². The van der Waals surface area contributed by atoms with Gasteiger partial charge >= 0.3 is 0 Å². The van der Waals surface area contributed by atoms with Crippen LogP contribution in [0.2, 0.25) is 0 Å². The molecule has 1 aliphatic rings. The zero-order valence-corrected chi connectivity index (χ0v) is 9.56. The lowest BCUT2D eigenvalue weighted by atomic mass is 9.95. The summed E-state index contributed by atoms with van der Waals surface area (Å²) in [6.07, 6.45) is 1.93. The van der Waals surface area contributed by atoms with Crippen LogP contribution in [0.1, 0.15) is 28.3 Å². The normalized spacial score (nSPS) is 18.1. The van der Waals surface area contributed by atoms with Gasteiger partial charge in [0.05, 0.1) is 6.04 Å². The molecule has 0 bridgehead atoms. The van der Waals surface area contributed by atoms with Crippen molar-refractivity contribution in [3.8, 4) is 5.75 Å². The van der Waals surface area contributed by atoms with Gasteiger partial charge in [0.25, 0.3) is 0 Å². The van der Waals surface area contributed by atoms with Crippen molar-refractivity contribution >= 4 is 0 Å². The second-order valence-electron chi connectivity index (χ2n) is 4.56. The molecule has 0 amide bonds. The van der Waals surface area contributed by atoms with Crippen LogP contribution in [0.4, 0.5) is 0 Å². The molecule has 0 spiro atoms. The molecule has 2 heteroatoms. The Morgan fingerprint density at radius 1 is 0.941 bits per heavy atom. The molecule has 17 heavy (non-hydrogen) atoms. The first-order valence-corrected chi connectivity index (χ1v) is 5.91. The van der Waals surface area contributed by atoms with Crippen molar-refractivity contribution in [1.29, 1.82) is 0 Å². The molecule has 3 rings (SSSR count). The average molecular weight is 225 g/mol. The van der Waals surface area contributed by atoms with E-state index in [2.05, 4.69) is 18.2 Å².